The summed E-state index contributed by atoms with van der Waals surface area (Å²) in [5.74, 6) is 0. The molecule has 31 heavy (non-hydrogen) atoms. The Labute approximate surface area is 200 Å². The Bertz CT molecular complexity index is 945. The van der Waals surface area contributed by atoms with Crippen LogP contribution in [-0.2, 0) is 4.74 Å². The second kappa shape index (κ2) is 8.19. The van der Waals surface area contributed by atoms with E-state index in [1.165, 1.54) is 10.8 Å². The Kier molecular flexibility index (Phi) is 7.13. The molecule has 7 nitrogen and oxygen atoms in total. The highest BCUT2D eigenvalue weighted by Crippen LogP contribution is 2.63. The monoisotopic (exact) mass is 582 g/mol. The van der Waals surface area contributed by atoms with Crippen molar-refractivity contribution in [2.75, 3.05) is 6.61 Å². The van der Waals surface area contributed by atoms with Crippen molar-refractivity contribution in [1.29, 1.82) is 0 Å². The number of H-pyrrole nitrogens is 1. The van der Waals surface area contributed by atoms with Crippen LogP contribution in [0.25, 0.3) is 0 Å². The molecule has 10 heteroatoms. The first-order valence-electron chi connectivity index (χ1n) is 10.7. The summed E-state index contributed by atoms with van der Waals surface area (Å²) in [6.45, 7) is 21.4. The van der Waals surface area contributed by atoms with Gasteiger partial charge in [-0.2, -0.15) is 0 Å². The Morgan fingerprint density at radius 3 is 2.06 bits per heavy atom. The minimum atomic E-state index is -2.53. The zero-order valence-corrected chi connectivity index (χ0v) is 24.6. The molecule has 0 aliphatic carbocycles. The number of hydrogen-bond acceptors (Lipinski definition) is 5. The molecule has 1 aromatic rings. The van der Waals surface area contributed by atoms with Gasteiger partial charge in [0.1, 0.15) is 12.3 Å². The number of aliphatic hydroxyl groups excluding tert-OH is 1. The quantitative estimate of drug-likeness (QED) is 0.371. The van der Waals surface area contributed by atoms with Crippen LogP contribution >= 0.6 is 22.6 Å². The van der Waals surface area contributed by atoms with Gasteiger partial charge in [-0.15, -0.1) is 0 Å². The summed E-state index contributed by atoms with van der Waals surface area (Å²) in [5.41, 5.74) is -1.37. The second-order valence-electron chi connectivity index (χ2n) is 12.0. The highest BCUT2D eigenvalue weighted by Gasteiger charge is 2.71. The maximum absolute atomic E-state index is 12.9. The second-order valence-corrected chi connectivity index (χ2v) is 24.3. The van der Waals surface area contributed by atoms with E-state index in [9.17, 15) is 19.8 Å². The Morgan fingerprint density at radius 2 is 1.65 bits per heavy atom. The van der Waals surface area contributed by atoms with Crippen molar-refractivity contribution in [1.82, 2.24) is 9.55 Å². The summed E-state index contributed by atoms with van der Waals surface area (Å²) in [4.78, 5) is 27.2. The van der Waals surface area contributed by atoms with Gasteiger partial charge in [0.25, 0.3) is 5.56 Å². The zero-order valence-electron chi connectivity index (χ0n) is 20.5. The zero-order chi connectivity index (χ0) is 24.4. The molecule has 178 valence electrons. The molecule has 0 spiro atoms. The fourth-order valence-electron chi connectivity index (χ4n) is 4.59. The normalized spacial score (nSPS) is 28.2. The molecule has 1 aliphatic rings. The van der Waals surface area contributed by atoms with Crippen LogP contribution < -0.4 is 11.2 Å². The van der Waals surface area contributed by atoms with Gasteiger partial charge >= 0.3 is 5.69 Å². The van der Waals surface area contributed by atoms with Crippen LogP contribution in [0.15, 0.2) is 15.8 Å². The van der Waals surface area contributed by atoms with Gasteiger partial charge < -0.3 is 14.9 Å². The number of hydrogen-bond donors (Lipinski definition) is 3. The van der Waals surface area contributed by atoms with Crippen LogP contribution in [0.5, 0.6) is 0 Å². The number of nitrogens with zero attached hydrogens (tertiary/aromatic N) is 1. The lowest BCUT2D eigenvalue weighted by molar-refractivity contribution is -0.0597. The van der Waals surface area contributed by atoms with Crippen LogP contribution in [0.4, 0.5) is 0 Å². The fourth-order valence-corrected chi connectivity index (χ4v) is 13.4. The number of rotatable bonds is 4. The largest absolute Gasteiger partial charge is 0.394 e. The number of aromatic nitrogens is 2. The number of aromatic amines is 1. The summed E-state index contributed by atoms with van der Waals surface area (Å²) in [7, 11) is -4.89. The summed E-state index contributed by atoms with van der Waals surface area (Å²) in [6.07, 6.45) is -0.0673. The molecule has 0 saturated carbocycles. The SMILES string of the molecule is CC(C)(C)[Si](C)(C)C1[C@H](n2cc(I)c(=O)[nH]c2=O)O[C@H](CO)[C@]1(O)[Si](C)(C)C(C)(C)C. The van der Waals surface area contributed by atoms with Gasteiger partial charge in [0, 0.05) is 11.7 Å². The number of aliphatic hydroxyl groups is 2. The first-order chi connectivity index (χ1) is 13.7. The van der Waals surface area contributed by atoms with Gasteiger partial charge in [-0.1, -0.05) is 67.7 Å². The summed E-state index contributed by atoms with van der Waals surface area (Å²) in [6, 6.07) is 0. The molecule has 0 bridgehead atoms. The molecule has 1 fully saturated rings. The van der Waals surface area contributed by atoms with E-state index in [2.05, 4.69) is 72.7 Å². The van der Waals surface area contributed by atoms with E-state index in [0.29, 0.717) is 3.57 Å². The lowest BCUT2D eigenvalue weighted by Gasteiger charge is -2.56. The molecule has 0 aromatic carbocycles. The van der Waals surface area contributed by atoms with Crippen molar-refractivity contribution < 1.29 is 14.9 Å². The molecule has 1 aromatic heterocycles. The molecule has 1 unspecified atom stereocenters. The maximum Gasteiger partial charge on any atom is 0.330 e. The van der Waals surface area contributed by atoms with E-state index in [1.54, 1.807) is 0 Å². The van der Waals surface area contributed by atoms with Crippen LogP contribution in [-0.4, -0.2) is 53.8 Å². The number of ether oxygens (including phenoxy) is 1. The van der Waals surface area contributed by atoms with Crippen molar-refractivity contribution in [3.8, 4) is 0 Å². The van der Waals surface area contributed by atoms with Crippen molar-refractivity contribution >= 4 is 38.7 Å². The first-order valence-corrected chi connectivity index (χ1v) is 17.9. The first kappa shape index (κ1) is 27.0. The van der Waals surface area contributed by atoms with E-state index in [4.69, 9.17) is 4.74 Å². The summed E-state index contributed by atoms with van der Waals surface area (Å²) in [5, 5.41) is 21.4. The van der Waals surface area contributed by atoms with Gasteiger partial charge in [0.05, 0.1) is 31.5 Å². The molecule has 4 atom stereocenters. The Balaban J connectivity index is 2.93. The van der Waals surface area contributed by atoms with E-state index < -0.39 is 45.0 Å². The van der Waals surface area contributed by atoms with Crippen molar-refractivity contribution in [3.05, 3.63) is 30.6 Å². The molecule has 2 rings (SSSR count). The molecule has 1 saturated heterocycles. The van der Waals surface area contributed by atoms with Crippen LogP contribution in [0.2, 0.25) is 41.8 Å². The molecule has 0 radical (unpaired) electrons. The summed E-state index contributed by atoms with van der Waals surface area (Å²) >= 11 is 1.90. The molecular weight excluding hydrogens is 543 g/mol. The van der Waals surface area contributed by atoms with Crippen LogP contribution in [0.3, 0.4) is 0 Å². The predicted octanol–water partition coefficient (Wildman–Crippen LogP) is 3.69. The average molecular weight is 583 g/mol. The Morgan fingerprint density at radius 1 is 1.13 bits per heavy atom. The highest BCUT2D eigenvalue weighted by atomic mass is 127. The predicted molar refractivity (Wildman–Crippen MR) is 138 cm³/mol. The topological polar surface area (TPSA) is 105 Å². The fraction of sp³-hybridized carbons (Fsp3) is 0.810. The van der Waals surface area contributed by atoms with Gasteiger partial charge in [0.2, 0.25) is 0 Å². The smallest absolute Gasteiger partial charge is 0.330 e. The van der Waals surface area contributed by atoms with Crippen molar-refractivity contribution in [2.24, 2.45) is 0 Å². The van der Waals surface area contributed by atoms with E-state index in [0.717, 1.165) is 0 Å². The molecule has 0 amide bonds. The minimum absolute atomic E-state index is 0.112. The number of halogens is 1. The molecule has 1 aliphatic heterocycles. The molecule has 3 N–H and O–H groups in total. The minimum Gasteiger partial charge on any atom is -0.394 e. The third-order valence-electron chi connectivity index (χ3n) is 8.50. The third kappa shape index (κ3) is 4.09. The molecule has 2 heterocycles. The van der Waals surface area contributed by atoms with Gasteiger partial charge in [-0.3, -0.25) is 14.3 Å². The lowest BCUT2D eigenvalue weighted by atomic mass is 10.1. The highest BCUT2D eigenvalue weighted by molar-refractivity contribution is 14.1. The lowest BCUT2D eigenvalue weighted by Crippen LogP contribution is -2.70. The average Bonchev–Trinajstić information content (AvgIpc) is 2.90. The van der Waals surface area contributed by atoms with Gasteiger partial charge in [-0.05, 0) is 32.7 Å². The summed E-state index contributed by atoms with van der Waals surface area (Å²) < 4.78 is 8.16. The molecular formula is C21H39IN2O5Si2. The van der Waals surface area contributed by atoms with Crippen LogP contribution in [0, 0.1) is 3.57 Å². The van der Waals surface area contributed by atoms with Crippen molar-refractivity contribution in [3.63, 3.8) is 0 Å². The third-order valence-corrected chi connectivity index (χ3v) is 22.1. The van der Waals surface area contributed by atoms with E-state index >= 15 is 0 Å². The van der Waals surface area contributed by atoms with Crippen LogP contribution in [0.1, 0.15) is 47.8 Å². The van der Waals surface area contributed by atoms with E-state index in [1.807, 2.05) is 22.6 Å². The van der Waals surface area contributed by atoms with Gasteiger partial charge in [-0.25, -0.2) is 4.79 Å². The number of nitrogens with one attached hydrogen (secondary N) is 1. The Hall–Kier alpha value is -0.276. The van der Waals surface area contributed by atoms with Crippen molar-refractivity contribution in [2.45, 2.75) is 101 Å². The maximum atomic E-state index is 12.9. The standard InChI is InChI=1S/C21H39IN2O5Si2/c1-19(2,3)30(7,8)15-17(24-11-13(22)16(26)23-18(24)27)29-14(12-25)21(15,28)31(9,10)20(4,5)6/h11,14-15,17,25,28H,12H2,1-10H3,(H,23,26,27)/t14-,15?,17-,21+/m1/s1. The van der Waals surface area contributed by atoms with E-state index in [-0.39, 0.29) is 22.2 Å². The van der Waals surface area contributed by atoms with Gasteiger partial charge in [0.15, 0.2) is 0 Å².